The summed E-state index contributed by atoms with van der Waals surface area (Å²) >= 11 is 0. The Kier molecular flexibility index (Phi) is 11.0. The highest BCUT2D eigenvalue weighted by Gasteiger charge is 2.50. The van der Waals surface area contributed by atoms with E-state index in [9.17, 15) is 9.59 Å². The van der Waals surface area contributed by atoms with Crippen LogP contribution in [0.2, 0.25) is 0 Å². The van der Waals surface area contributed by atoms with Gasteiger partial charge in [0.1, 0.15) is 41.6 Å². The number of aromatic nitrogens is 3. The molecule has 0 saturated carbocycles. The van der Waals surface area contributed by atoms with E-state index in [2.05, 4.69) is 22.0 Å². The molecule has 4 aliphatic rings. The lowest BCUT2D eigenvalue weighted by Crippen LogP contribution is -2.57. The lowest BCUT2D eigenvalue weighted by atomic mass is 9.95. The number of carbonyl (C=O) groups is 2. The summed E-state index contributed by atoms with van der Waals surface area (Å²) in [7, 11) is 3.10. The third-order valence-electron chi connectivity index (χ3n) is 12.2. The predicted molar refractivity (Wildman–Crippen MR) is 217 cm³/mol. The zero-order valence-corrected chi connectivity index (χ0v) is 34.3. The van der Waals surface area contributed by atoms with Crippen LogP contribution in [0.15, 0.2) is 36.5 Å². The number of nitrogens with zero attached hydrogens (tertiary/aromatic N) is 6. The van der Waals surface area contributed by atoms with Crippen LogP contribution in [-0.4, -0.2) is 120 Å². The maximum atomic E-state index is 17.5. The number of piperazine rings is 1. The number of nitrogens with one attached hydrogen (secondary N) is 1. The molecule has 2 unspecified atom stereocenters. The highest BCUT2D eigenvalue weighted by Crippen LogP contribution is 2.44. The van der Waals surface area contributed by atoms with E-state index in [0.29, 0.717) is 48.8 Å². The number of ether oxygens (including phenoxy) is 5. The summed E-state index contributed by atoms with van der Waals surface area (Å²) in [5.41, 5.74) is 0.973. The van der Waals surface area contributed by atoms with Gasteiger partial charge in [-0.3, -0.25) is 14.8 Å². The fourth-order valence-corrected chi connectivity index (χ4v) is 9.61. The minimum atomic E-state index is -0.618. The highest BCUT2D eigenvalue weighted by atomic mass is 19.1. The van der Waals surface area contributed by atoms with Gasteiger partial charge in [-0.2, -0.15) is 9.97 Å². The van der Waals surface area contributed by atoms with Gasteiger partial charge >= 0.3 is 18.2 Å². The van der Waals surface area contributed by atoms with Crippen LogP contribution in [0.25, 0.3) is 32.9 Å². The lowest BCUT2D eigenvalue weighted by Gasteiger charge is -2.42. The number of anilines is 1. The molecule has 1 N–H and O–H groups in total. The molecule has 15 heteroatoms. The summed E-state index contributed by atoms with van der Waals surface area (Å²) in [6, 6.07) is 9.69. The van der Waals surface area contributed by atoms with Crippen molar-refractivity contribution in [2.45, 2.75) is 102 Å². The molecule has 310 valence electrons. The molecular formula is C43H54FN7O7. The van der Waals surface area contributed by atoms with Crippen molar-refractivity contribution in [3.05, 3.63) is 47.9 Å². The van der Waals surface area contributed by atoms with Gasteiger partial charge in [0.05, 0.1) is 23.0 Å². The Labute approximate surface area is 338 Å². The summed E-state index contributed by atoms with van der Waals surface area (Å²) in [5.74, 6) is 0.449. The van der Waals surface area contributed by atoms with Crippen molar-refractivity contribution in [2.75, 3.05) is 58.7 Å². The Morgan fingerprint density at radius 1 is 1.05 bits per heavy atom. The normalized spacial score (nSPS) is 23.1. The van der Waals surface area contributed by atoms with E-state index in [1.807, 2.05) is 56.0 Å². The number of halogens is 1. The van der Waals surface area contributed by atoms with Crippen LogP contribution >= 0.6 is 0 Å². The van der Waals surface area contributed by atoms with Crippen LogP contribution < -0.4 is 19.7 Å². The molecule has 14 nitrogen and oxygen atoms in total. The number of amides is 2. The molecule has 8 rings (SSSR count). The number of rotatable bonds is 11. The maximum Gasteiger partial charge on any atom is 0.410 e. The molecule has 0 radical (unpaired) electrons. The number of hydrogen-bond donors (Lipinski definition) is 1. The Balaban J connectivity index is 1.19. The molecule has 58 heavy (non-hydrogen) atoms. The first-order valence-corrected chi connectivity index (χ1v) is 20.5. The van der Waals surface area contributed by atoms with Gasteiger partial charge in [0.2, 0.25) is 0 Å². The Morgan fingerprint density at radius 2 is 1.84 bits per heavy atom. The van der Waals surface area contributed by atoms with Gasteiger partial charge in [0.15, 0.2) is 12.6 Å². The number of hydrogen-bond acceptors (Lipinski definition) is 12. The van der Waals surface area contributed by atoms with Crippen LogP contribution in [-0.2, 0) is 20.6 Å². The van der Waals surface area contributed by atoms with Gasteiger partial charge in [0, 0.05) is 45.0 Å². The van der Waals surface area contributed by atoms with Crippen molar-refractivity contribution in [2.24, 2.45) is 0 Å². The summed E-state index contributed by atoms with van der Waals surface area (Å²) in [6.45, 7) is 10.2. The van der Waals surface area contributed by atoms with E-state index in [-0.39, 0.29) is 53.8 Å². The largest absolute Gasteiger partial charge is 0.468 e. The van der Waals surface area contributed by atoms with E-state index < -0.39 is 17.5 Å². The maximum absolute atomic E-state index is 17.5. The first-order valence-electron chi connectivity index (χ1n) is 20.5. The second-order valence-electron chi connectivity index (χ2n) is 16.9. The fraction of sp³-hybridized carbons (Fsp3) is 0.558. The molecule has 4 aliphatic heterocycles. The van der Waals surface area contributed by atoms with E-state index in [4.69, 9.17) is 38.6 Å². The van der Waals surface area contributed by atoms with Crippen LogP contribution in [0.1, 0.15) is 71.8 Å². The molecule has 4 atom stereocenters. The smallest absolute Gasteiger partial charge is 0.410 e. The van der Waals surface area contributed by atoms with Crippen molar-refractivity contribution in [3.8, 4) is 23.0 Å². The Morgan fingerprint density at radius 3 is 2.57 bits per heavy atom. The number of pyridine rings is 1. The van der Waals surface area contributed by atoms with Gasteiger partial charge < -0.3 is 33.9 Å². The Hall–Kier alpha value is -5.02. The molecular weight excluding hydrogens is 746 g/mol. The molecule has 4 fully saturated rings. The van der Waals surface area contributed by atoms with Crippen molar-refractivity contribution in [1.29, 1.82) is 0 Å². The first-order chi connectivity index (χ1) is 27.9. The highest BCUT2D eigenvalue weighted by molar-refractivity contribution is 6.01. The third kappa shape index (κ3) is 7.54. The van der Waals surface area contributed by atoms with Crippen LogP contribution in [0.3, 0.4) is 0 Å². The number of benzene rings is 2. The number of fused-ring (bicyclic) bond motifs is 5. The minimum absolute atomic E-state index is 0.0350. The number of methoxy groups -OCH3 is 1. The fourth-order valence-electron chi connectivity index (χ4n) is 9.61. The van der Waals surface area contributed by atoms with Gasteiger partial charge in [0.25, 0.3) is 0 Å². The second-order valence-corrected chi connectivity index (χ2v) is 16.9. The molecule has 6 heterocycles. The van der Waals surface area contributed by atoms with E-state index in [1.165, 1.54) is 0 Å². The number of alkyl carbamates (subject to hydrolysis) is 1. The standard InChI is InChI=1S/C43H54FN7O7/c1-7-26-10-8-11-27-18-31(57-25-54-6)19-32(34(26)27)36-35(44)37-33(20-46-36)38(49-21-28-12-13-29(22-49)51(28)41(53)58-42(2,3)4)48-39(47-37)56-24-43-15-9-17-50(43)30(14-16-43)23-55-40(52)45-5/h8,10-11,18-20,28-30H,7,9,12-17,21-25H2,1-6H3,(H,45,52)/t28?,29?,30-,43-/m1/s1. The Bertz CT molecular complexity index is 2190. The SMILES string of the molecule is CCc1cccc2cc(OCOC)cc(-c3ncc4c(N5CC6CCC(C5)N6C(=O)OC(C)(C)C)nc(OC[C@]56CCCN5[C@@H](COC(=O)NC)CC6)nc4c3F)c12. The van der Waals surface area contributed by atoms with Gasteiger partial charge in [-0.15, -0.1) is 0 Å². The molecule has 0 spiro atoms. The summed E-state index contributed by atoms with van der Waals surface area (Å²) in [4.78, 5) is 46.3. The molecule has 2 amide bonds. The van der Waals surface area contributed by atoms with Crippen molar-refractivity contribution in [1.82, 2.24) is 30.1 Å². The molecule has 4 saturated heterocycles. The van der Waals surface area contributed by atoms with Crippen LogP contribution in [0.4, 0.5) is 19.8 Å². The zero-order valence-electron chi connectivity index (χ0n) is 34.3. The topological polar surface area (TPSA) is 141 Å². The van der Waals surface area contributed by atoms with Gasteiger partial charge in [-0.05, 0) is 101 Å². The third-order valence-corrected chi connectivity index (χ3v) is 12.2. The second kappa shape index (κ2) is 16.0. The number of carbonyl (C=O) groups excluding carboxylic acids is 2. The quantitative estimate of drug-likeness (QED) is 0.159. The molecule has 2 aromatic heterocycles. The molecule has 0 aliphatic carbocycles. The van der Waals surface area contributed by atoms with E-state index in [0.717, 1.165) is 67.8 Å². The average molecular weight is 800 g/mol. The monoisotopic (exact) mass is 799 g/mol. The average Bonchev–Trinajstić information content (AvgIpc) is 3.86. The van der Waals surface area contributed by atoms with E-state index in [1.54, 1.807) is 20.4 Å². The van der Waals surface area contributed by atoms with Gasteiger partial charge in [-0.25, -0.2) is 14.0 Å². The molecule has 4 aromatic rings. The molecule has 2 bridgehead atoms. The lowest BCUT2D eigenvalue weighted by molar-refractivity contribution is 0.0122. The summed E-state index contributed by atoms with van der Waals surface area (Å²) in [6.07, 6.45) is 6.88. The van der Waals surface area contributed by atoms with Gasteiger partial charge in [-0.1, -0.05) is 25.1 Å². The first kappa shape index (κ1) is 39.8. The summed E-state index contributed by atoms with van der Waals surface area (Å²) < 4.78 is 46.4. The predicted octanol–water partition coefficient (Wildman–Crippen LogP) is 6.85. The summed E-state index contributed by atoms with van der Waals surface area (Å²) in [5, 5.41) is 4.76. The molecule has 2 aromatic carbocycles. The number of aryl methyl sites for hydroxylation is 1. The zero-order chi connectivity index (χ0) is 40.8. The van der Waals surface area contributed by atoms with Crippen LogP contribution in [0, 0.1) is 5.82 Å². The van der Waals surface area contributed by atoms with Crippen molar-refractivity contribution >= 4 is 39.7 Å². The van der Waals surface area contributed by atoms with Crippen molar-refractivity contribution < 1.29 is 37.7 Å². The van der Waals surface area contributed by atoms with Crippen molar-refractivity contribution in [3.63, 3.8) is 0 Å². The minimum Gasteiger partial charge on any atom is -0.468 e. The van der Waals surface area contributed by atoms with Crippen LogP contribution in [0.5, 0.6) is 11.8 Å². The van der Waals surface area contributed by atoms with E-state index >= 15 is 4.39 Å².